The van der Waals surface area contributed by atoms with Crippen molar-refractivity contribution >= 4 is 17.5 Å². The van der Waals surface area contributed by atoms with Gasteiger partial charge in [-0.15, -0.1) is 0 Å². The Hall–Kier alpha value is -2.57. The maximum absolute atomic E-state index is 12.5. The summed E-state index contributed by atoms with van der Waals surface area (Å²) in [5.41, 5.74) is 0.640. The Balaban J connectivity index is 1.34. The van der Waals surface area contributed by atoms with Crippen LogP contribution in [0.4, 0.5) is 11.6 Å². The molecule has 0 saturated carbocycles. The van der Waals surface area contributed by atoms with Gasteiger partial charge in [-0.25, -0.2) is 9.97 Å². The van der Waals surface area contributed by atoms with Gasteiger partial charge >= 0.3 is 0 Å². The summed E-state index contributed by atoms with van der Waals surface area (Å²) in [5, 5.41) is 3.15. The summed E-state index contributed by atoms with van der Waals surface area (Å²) in [5.74, 6) is 3.42. The molecule has 0 unspecified atom stereocenters. The number of rotatable bonds is 4. The summed E-state index contributed by atoms with van der Waals surface area (Å²) >= 11 is 0. The summed E-state index contributed by atoms with van der Waals surface area (Å²) in [6.07, 6.45) is 5.95. The Morgan fingerprint density at radius 2 is 1.67 bits per heavy atom. The van der Waals surface area contributed by atoms with Gasteiger partial charge in [0, 0.05) is 38.3 Å². The summed E-state index contributed by atoms with van der Waals surface area (Å²) < 4.78 is 5.47. The average Bonchev–Trinajstić information content (AvgIpc) is 3.32. The fraction of sp³-hybridized carbons (Fsp3) is 0.550. The molecule has 2 aromatic rings. The summed E-state index contributed by atoms with van der Waals surface area (Å²) in [7, 11) is 0. The number of furan rings is 1. The number of carbonyl (C=O) groups is 1. The largest absolute Gasteiger partial charge is 0.466 e. The first kappa shape index (κ1) is 17.8. The van der Waals surface area contributed by atoms with Crippen molar-refractivity contribution in [1.82, 2.24) is 15.3 Å². The van der Waals surface area contributed by atoms with Gasteiger partial charge in [-0.05, 0) is 45.6 Å². The second-order valence-electron chi connectivity index (χ2n) is 7.49. The zero-order valence-corrected chi connectivity index (χ0v) is 16.1. The number of hydrogen-bond donors (Lipinski definition) is 1. The van der Waals surface area contributed by atoms with Crippen molar-refractivity contribution in [3.05, 3.63) is 35.5 Å². The molecule has 144 valence electrons. The molecule has 0 aromatic carbocycles. The van der Waals surface area contributed by atoms with E-state index < -0.39 is 0 Å². The van der Waals surface area contributed by atoms with Crippen LogP contribution in [0.15, 0.2) is 22.9 Å². The van der Waals surface area contributed by atoms with Gasteiger partial charge in [-0.1, -0.05) is 0 Å². The number of hydrogen-bond acceptors (Lipinski definition) is 6. The quantitative estimate of drug-likeness (QED) is 0.893. The molecule has 2 aliphatic rings. The highest BCUT2D eigenvalue weighted by molar-refractivity contribution is 5.95. The number of nitrogens with zero attached hydrogens (tertiary/aromatic N) is 4. The van der Waals surface area contributed by atoms with Gasteiger partial charge in [-0.3, -0.25) is 4.79 Å². The van der Waals surface area contributed by atoms with E-state index in [1.54, 1.807) is 12.4 Å². The lowest BCUT2D eigenvalue weighted by Crippen LogP contribution is -2.45. The molecular formula is C20H27N5O2. The number of aromatic nitrogens is 2. The predicted molar refractivity (Wildman–Crippen MR) is 104 cm³/mol. The number of nitrogens with one attached hydrogen (secondary N) is 1. The first-order valence-corrected chi connectivity index (χ1v) is 9.80. The number of carbonyl (C=O) groups excluding carboxylic acids is 1. The molecule has 1 amide bonds. The van der Waals surface area contributed by atoms with Crippen LogP contribution in [0, 0.1) is 13.8 Å². The highest BCUT2D eigenvalue weighted by Gasteiger charge is 2.24. The fourth-order valence-corrected chi connectivity index (χ4v) is 4.00. The monoisotopic (exact) mass is 369 g/mol. The maximum atomic E-state index is 12.5. The second kappa shape index (κ2) is 7.58. The SMILES string of the molecule is Cc1cc(C(=O)NC2CCN(c3cc(N4CCCC4)ncn3)CC2)c(C)o1. The first-order valence-electron chi connectivity index (χ1n) is 9.80. The molecule has 0 aliphatic carbocycles. The molecule has 2 saturated heterocycles. The van der Waals surface area contributed by atoms with Crippen molar-refractivity contribution < 1.29 is 9.21 Å². The van der Waals surface area contributed by atoms with Crippen molar-refractivity contribution in [2.45, 2.75) is 45.6 Å². The van der Waals surface area contributed by atoms with Crippen LogP contribution in [0.2, 0.25) is 0 Å². The van der Waals surface area contributed by atoms with Crippen molar-refractivity contribution in [2.24, 2.45) is 0 Å². The smallest absolute Gasteiger partial charge is 0.255 e. The normalized spacial score (nSPS) is 18.1. The van der Waals surface area contributed by atoms with Crippen molar-refractivity contribution in [3.63, 3.8) is 0 Å². The third-order valence-electron chi connectivity index (χ3n) is 5.51. The number of amides is 1. The molecule has 0 spiro atoms. The zero-order valence-electron chi connectivity index (χ0n) is 16.1. The van der Waals surface area contributed by atoms with Crippen LogP contribution < -0.4 is 15.1 Å². The van der Waals surface area contributed by atoms with E-state index in [4.69, 9.17) is 4.42 Å². The van der Waals surface area contributed by atoms with Gasteiger partial charge < -0.3 is 19.5 Å². The minimum absolute atomic E-state index is 0.0406. The van der Waals surface area contributed by atoms with E-state index in [9.17, 15) is 4.79 Å². The van der Waals surface area contributed by atoms with Crippen molar-refractivity contribution in [2.75, 3.05) is 36.0 Å². The molecule has 2 fully saturated rings. The van der Waals surface area contributed by atoms with Crippen LogP contribution in [-0.2, 0) is 0 Å². The van der Waals surface area contributed by atoms with Gasteiger partial charge in [0.2, 0.25) is 0 Å². The maximum Gasteiger partial charge on any atom is 0.255 e. The molecule has 27 heavy (non-hydrogen) atoms. The van der Waals surface area contributed by atoms with E-state index in [0.717, 1.165) is 56.4 Å². The van der Waals surface area contributed by atoms with Gasteiger partial charge in [0.15, 0.2) is 0 Å². The Labute approximate surface area is 159 Å². The third kappa shape index (κ3) is 3.91. The predicted octanol–water partition coefficient (Wildman–Crippen LogP) is 2.69. The van der Waals surface area contributed by atoms with Gasteiger partial charge in [-0.2, -0.15) is 0 Å². The Morgan fingerprint density at radius 3 is 2.26 bits per heavy atom. The molecule has 2 aromatic heterocycles. The summed E-state index contributed by atoms with van der Waals surface area (Å²) in [4.78, 5) is 26.0. The molecule has 1 N–H and O–H groups in total. The van der Waals surface area contributed by atoms with E-state index in [0.29, 0.717) is 11.3 Å². The van der Waals surface area contributed by atoms with Crippen LogP contribution in [0.5, 0.6) is 0 Å². The van der Waals surface area contributed by atoms with E-state index in [-0.39, 0.29) is 11.9 Å². The lowest BCUT2D eigenvalue weighted by Gasteiger charge is -2.33. The first-order chi connectivity index (χ1) is 13.1. The number of anilines is 2. The zero-order chi connectivity index (χ0) is 18.8. The lowest BCUT2D eigenvalue weighted by molar-refractivity contribution is 0.0929. The molecule has 2 aliphatic heterocycles. The number of aryl methyl sites for hydroxylation is 2. The van der Waals surface area contributed by atoms with E-state index >= 15 is 0 Å². The fourth-order valence-electron chi connectivity index (χ4n) is 4.00. The van der Waals surface area contributed by atoms with Gasteiger partial charge in [0.25, 0.3) is 5.91 Å². The van der Waals surface area contributed by atoms with E-state index in [1.807, 2.05) is 13.8 Å². The minimum atomic E-state index is -0.0406. The molecule has 4 heterocycles. The van der Waals surface area contributed by atoms with Gasteiger partial charge in [0.1, 0.15) is 29.5 Å². The highest BCUT2D eigenvalue weighted by atomic mass is 16.3. The minimum Gasteiger partial charge on any atom is -0.466 e. The average molecular weight is 369 g/mol. The van der Waals surface area contributed by atoms with Crippen LogP contribution in [-0.4, -0.2) is 48.1 Å². The summed E-state index contributed by atoms with van der Waals surface area (Å²) in [6.45, 7) is 7.61. The lowest BCUT2D eigenvalue weighted by atomic mass is 10.0. The van der Waals surface area contributed by atoms with Crippen LogP contribution in [0.25, 0.3) is 0 Å². The Bertz CT molecular complexity index is 804. The van der Waals surface area contributed by atoms with E-state index in [1.165, 1.54) is 12.8 Å². The standard InChI is InChI=1S/C20H27N5O2/c1-14-11-17(15(2)27-14)20(26)23-16-5-9-25(10-6-16)19-12-18(21-13-22-19)24-7-3-4-8-24/h11-13,16H,3-10H2,1-2H3,(H,23,26). The van der Waals surface area contributed by atoms with Gasteiger partial charge in [0.05, 0.1) is 5.56 Å². The van der Waals surface area contributed by atoms with Crippen LogP contribution in [0.1, 0.15) is 47.6 Å². The topological polar surface area (TPSA) is 74.5 Å². The molecule has 0 bridgehead atoms. The van der Waals surface area contributed by atoms with Crippen LogP contribution in [0.3, 0.4) is 0 Å². The molecule has 0 atom stereocenters. The highest BCUT2D eigenvalue weighted by Crippen LogP contribution is 2.24. The summed E-state index contributed by atoms with van der Waals surface area (Å²) in [6, 6.07) is 4.09. The molecule has 7 heteroatoms. The van der Waals surface area contributed by atoms with E-state index in [2.05, 4.69) is 31.2 Å². The molecule has 0 radical (unpaired) electrons. The third-order valence-corrected chi connectivity index (χ3v) is 5.51. The Morgan fingerprint density at radius 1 is 1.04 bits per heavy atom. The number of piperidine rings is 1. The molecule has 4 rings (SSSR count). The van der Waals surface area contributed by atoms with Crippen molar-refractivity contribution in [1.29, 1.82) is 0 Å². The second-order valence-corrected chi connectivity index (χ2v) is 7.49. The Kier molecular flexibility index (Phi) is 5.01. The van der Waals surface area contributed by atoms with Crippen LogP contribution >= 0.6 is 0 Å². The molecular weight excluding hydrogens is 342 g/mol. The van der Waals surface area contributed by atoms with Crippen molar-refractivity contribution in [3.8, 4) is 0 Å². The molecule has 7 nitrogen and oxygen atoms in total.